The van der Waals surface area contributed by atoms with E-state index in [0.29, 0.717) is 18.0 Å². The lowest BCUT2D eigenvalue weighted by molar-refractivity contribution is 0.0524. The Morgan fingerprint density at radius 1 is 1.00 bits per heavy atom. The average Bonchev–Trinajstić information content (AvgIpc) is 3.42. The molecule has 2 aliphatic heterocycles. The molecule has 2 fully saturated rings. The molecule has 3 atom stereocenters. The van der Waals surface area contributed by atoms with Crippen molar-refractivity contribution in [2.24, 2.45) is 5.92 Å². The summed E-state index contributed by atoms with van der Waals surface area (Å²) in [5.74, 6) is 1.74. The highest BCUT2D eigenvalue weighted by Crippen LogP contribution is 2.31. The van der Waals surface area contributed by atoms with E-state index in [1.54, 1.807) is 0 Å². The number of benzene rings is 2. The quantitative estimate of drug-likeness (QED) is 0.777. The predicted octanol–water partition coefficient (Wildman–Crippen LogP) is 3.96. The van der Waals surface area contributed by atoms with Crippen molar-refractivity contribution in [1.82, 2.24) is 10.6 Å². The van der Waals surface area contributed by atoms with Gasteiger partial charge in [-0.1, -0.05) is 36.8 Å². The number of hydrogen-bond donors (Lipinski definition) is 2. The fraction of sp³-hybridized carbons (Fsp3) is 0.500. The minimum atomic E-state index is 0. The molecule has 2 aromatic carbocycles. The first kappa shape index (κ1) is 20.7. The topological polar surface area (TPSA) is 42.5 Å². The van der Waals surface area contributed by atoms with Crippen LogP contribution in [0.5, 0.6) is 5.75 Å². The Morgan fingerprint density at radius 2 is 1.86 bits per heavy atom. The van der Waals surface area contributed by atoms with Crippen molar-refractivity contribution in [3.8, 4) is 16.9 Å². The highest BCUT2D eigenvalue weighted by atomic mass is 35.5. The van der Waals surface area contributed by atoms with E-state index in [4.69, 9.17) is 9.47 Å². The van der Waals surface area contributed by atoms with E-state index in [2.05, 4.69) is 53.1 Å². The van der Waals surface area contributed by atoms with Crippen LogP contribution in [0.15, 0.2) is 42.5 Å². The van der Waals surface area contributed by atoms with Gasteiger partial charge in [-0.3, -0.25) is 0 Å². The Balaban J connectivity index is 0.00000205. The molecule has 1 aliphatic carbocycles. The Morgan fingerprint density at radius 3 is 2.69 bits per heavy atom. The molecule has 4 nitrogen and oxygen atoms in total. The van der Waals surface area contributed by atoms with Gasteiger partial charge in [0.25, 0.3) is 0 Å². The van der Waals surface area contributed by atoms with E-state index in [9.17, 15) is 0 Å². The van der Waals surface area contributed by atoms with E-state index in [-0.39, 0.29) is 12.4 Å². The molecule has 29 heavy (non-hydrogen) atoms. The summed E-state index contributed by atoms with van der Waals surface area (Å²) in [6.07, 6.45) is 4.92. The van der Waals surface area contributed by atoms with Gasteiger partial charge in [-0.2, -0.15) is 0 Å². The maximum atomic E-state index is 5.69. The molecule has 3 unspecified atom stereocenters. The van der Waals surface area contributed by atoms with Crippen molar-refractivity contribution >= 4 is 12.4 Å². The molecule has 0 radical (unpaired) electrons. The SMILES string of the molecule is Cl.c1cc(-c2ccc3c(c2)CCO3)ccc1CNC1CCCC1C1COCCN1. The fourth-order valence-corrected chi connectivity index (χ4v) is 5.01. The van der Waals surface area contributed by atoms with Crippen LogP contribution in [0.1, 0.15) is 30.4 Å². The van der Waals surface area contributed by atoms with Crippen LogP contribution in [0.3, 0.4) is 0 Å². The summed E-state index contributed by atoms with van der Waals surface area (Å²) in [5, 5.41) is 7.48. The summed E-state index contributed by atoms with van der Waals surface area (Å²) in [4.78, 5) is 0. The Labute approximate surface area is 179 Å². The summed E-state index contributed by atoms with van der Waals surface area (Å²) >= 11 is 0. The summed E-state index contributed by atoms with van der Waals surface area (Å²) in [5.41, 5.74) is 5.24. The number of halogens is 1. The van der Waals surface area contributed by atoms with Crippen molar-refractivity contribution in [1.29, 1.82) is 0 Å². The number of fused-ring (bicyclic) bond motifs is 1. The molecule has 5 rings (SSSR count). The van der Waals surface area contributed by atoms with Crippen LogP contribution in [0.2, 0.25) is 0 Å². The smallest absolute Gasteiger partial charge is 0.122 e. The zero-order chi connectivity index (χ0) is 18.8. The normalized spacial score (nSPS) is 25.9. The minimum absolute atomic E-state index is 0. The Hall–Kier alpha value is -1.59. The zero-order valence-corrected chi connectivity index (χ0v) is 17.7. The summed E-state index contributed by atoms with van der Waals surface area (Å²) in [7, 11) is 0. The number of nitrogens with one attached hydrogen (secondary N) is 2. The first-order valence-corrected chi connectivity index (χ1v) is 10.8. The van der Waals surface area contributed by atoms with Gasteiger partial charge in [-0.25, -0.2) is 0 Å². The molecule has 156 valence electrons. The number of rotatable bonds is 5. The Bertz CT molecular complexity index is 805. The monoisotopic (exact) mass is 414 g/mol. The van der Waals surface area contributed by atoms with E-state index in [1.165, 1.54) is 41.5 Å². The van der Waals surface area contributed by atoms with Crippen molar-refractivity contribution in [2.45, 2.75) is 44.3 Å². The van der Waals surface area contributed by atoms with E-state index in [0.717, 1.165) is 45.1 Å². The second kappa shape index (κ2) is 9.48. The Kier molecular flexibility index (Phi) is 6.76. The number of hydrogen-bond acceptors (Lipinski definition) is 4. The highest BCUT2D eigenvalue weighted by Gasteiger charge is 2.34. The van der Waals surface area contributed by atoms with E-state index >= 15 is 0 Å². The lowest BCUT2D eigenvalue weighted by Gasteiger charge is -2.33. The maximum absolute atomic E-state index is 5.69. The standard InChI is InChI=1S/C24H30N2O2.ClH/c1-2-21(23-16-27-13-11-25-23)22(3-1)26-15-17-4-6-18(7-5-17)19-8-9-24-20(14-19)10-12-28-24;/h4-9,14,21-23,25-26H,1-3,10-13,15-16H2;1H. The predicted molar refractivity (Wildman–Crippen MR) is 119 cm³/mol. The zero-order valence-electron chi connectivity index (χ0n) is 16.9. The lowest BCUT2D eigenvalue weighted by atomic mass is 9.93. The van der Waals surface area contributed by atoms with Gasteiger partial charge >= 0.3 is 0 Å². The van der Waals surface area contributed by atoms with Crippen LogP contribution in [0, 0.1) is 5.92 Å². The number of ether oxygens (including phenoxy) is 2. The molecule has 5 heteroatoms. The fourth-order valence-electron chi connectivity index (χ4n) is 5.01. The molecule has 1 saturated heterocycles. The third-order valence-electron chi connectivity index (χ3n) is 6.58. The third-order valence-corrected chi connectivity index (χ3v) is 6.58. The van der Waals surface area contributed by atoms with Crippen LogP contribution < -0.4 is 15.4 Å². The van der Waals surface area contributed by atoms with E-state index in [1.807, 2.05) is 0 Å². The van der Waals surface area contributed by atoms with Gasteiger partial charge in [0.15, 0.2) is 0 Å². The first-order chi connectivity index (χ1) is 13.9. The molecule has 0 spiro atoms. The minimum Gasteiger partial charge on any atom is -0.493 e. The second-order valence-electron chi connectivity index (χ2n) is 8.34. The van der Waals surface area contributed by atoms with Crippen LogP contribution in [0.25, 0.3) is 11.1 Å². The molecule has 2 heterocycles. The molecular formula is C24H31ClN2O2. The van der Waals surface area contributed by atoms with Crippen molar-refractivity contribution in [2.75, 3.05) is 26.4 Å². The molecular weight excluding hydrogens is 384 g/mol. The van der Waals surface area contributed by atoms with Crippen LogP contribution in [-0.2, 0) is 17.7 Å². The highest BCUT2D eigenvalue weighted by molar-refractivity contribution is 5.85. The van der Waals surface area contributed by atoms with Crippen molar-refractivity contribution < 1.29 is 9.47 Å². The van der Waals surface area contributed by atoms with Gasteiger partial charge in [0.2, 0.25) is 0 Å². The molecule has 0 amide bonds. The largest absolute Gasteiger partial charge is 0.493 e. The van der Waals surface area contributed by atoms with Gasteiger partial charge in [0.05, 0.1) is 19.8 Å². The first-order valence-electron chi connectivity index (χ1n) is 10.8. The molecule has 1 saturated carbocycles. The molecule has 0 aromatic heterocycles. The van der Waals surface area contributed by atoms with Gasteiger partial charge in [-0.05, 0) is 53.1 Å². The maximum Gasteiger partial charge on any atom is 0.122 e. The summed E-state index contributed by atoms with van der Waals surface area (Å²) < 4.78 is 11.3. The van der Waals surface area contributed by atoms with Gasteiger partial charge < -0.3 is 20.1 Å². The number of morpholine rings is 1. The molecule has 2 aromatic rings. The van der Waals surface area contributed by atoms with Crippen molar-refractivity contribution in [3.05, 3.63) is 53.6 Å². The summed E-state index contributed by atoms with van der Waals surface area (Å²) in [6, 6.07) is 16.7. The third kappa shape index (κ3) is 4.61. The molecule has 0 bridgehead atoms. The molecule has 2 N–H and O–H groups in total. The average molecular weight is 415 g/mol. The summed E-state index contributed by atoms with van der Waals surface area (Å²) in [6.45, 7) is 4.46. The van der Waals surface area contributed by atoms with Crippen LogP contribution in [0.4, 0.5) is 0 Å². The van der Waals surface area contributed by atoms with Crippen LogP contribution >= 0.6 is 12.4 Å². The van der Waals surface area contributed by atoms with Crippen LogP contribution in [-0.4, -0.2) is 38.4 Å². The van der Waals surface area contributed by atoms with Gasteiger partial charge in [-0.15, -0.1) is 12.4 Å². The molecule has 3 aliphatic rings. The van der Waals surface area contributed by atoms with Gasteiger partial charge in [0, 0.05) is 31.6 Å². The second-order valence-corrected chi connectivity index (χ2v) is 8.34. The van der Waals surface area contributed by atoms with E-state index < -0.39 is 0 Å². The lowest BCUT2D eigenvalue weighted by Crippen LogP contribution is -2.50. The van der Waals surface area contributed by atoms with Gasteiger partial charge in [0.1, 0.15) is 5.75 Å². The van der Waals surface area contributed by atoms with Crippen molar-refractivity contribution in [3.63, 3.8) is 0 Å².